The van der Waals surface area contributed by atoms with Gasteiger partial charge in [0.1, 0.15) is 0 Å². The average molecular weight is 234 g/mol. The van der Waals surface area contributed by atoms with E-state index in [1.54, 1.807) is 11.3 Å². The molecule has 0 aliphatic rings. The van der Waals surface area contributed by atoms with Gasteiger partial charge in [-0.1, -0.05) is 6.92 Å². The van der Waals surface area contributed by atoms with E-state index < -0.39 is 0 Å². The summed E-state index contributed by atoms with van der Waals surface area (Å²) >= 11 is 1.63. The molecule has 0 aliphatic heterocycles. The molecule has 0 unspecified atom stereocenters. The van der Waals surface area contributed by atoms with Crippen molar-refractivity contribution >= 4 is 17.1 Å². The summed E-state index contributed by atoms with van der Waals surface area (Å²) in [6.45, 7) is 2.82. The minimum absolute atomic E-state index is 0.227. The molecule has 3 nitrogen and oxygen atoms in total. The maximum absolute atomic E-state index is 11.6. The normalized spacial score (nSPS) is 10.6. The van der Waals surface area contributed by atoms with Gasteiger partial charge in [0.15, 0.2) is 5.78 Å². The predicted molar refractivity (Wildman–Crippen MR) is 64.9 cm³/mol. The van der Waals surface area contributed by atoms with Crippen molar-refractivity contribution in [3.63, 3.8) is 0 Å². The number of hydrogen-bond acceptors (Lipinski definition) is 3. The number of hydrogen-bond donors (Lipinski definition) is 0. The maximum Gasteiger partial charge on any atom is 0.164 e. The van der Waals surface area contributed by atoms with E-state index >= 15 is 0 Å². The van der Waals surface area contributed by atoms with Gasteiger partial charge in [-0.15, -0.1) is 11.3 Å². The lowest BCUT2D eigenvalue weighted by molar-refractivity contribution is 0.0981. The largest absolute Gasteiger partial charge is 0.348 e. The van der Waals surface area contributed by atoms with Crippen LogP contribution in [0.3, 0.4) is 0 Å². The van der Waals surface area contributed by atoms with Crippen LogP contribution in [0.15, 0.2) is 30.2 Å². The van der Waals surface area contributed by atoms with Gasteiger partial charge in [-0.05, 0) is 12.5 Å². The molecule has 0 saturated carbocycles. The van der Waals surface area contributed by atoms with Crippen molar-refractivity contribution in [3.05, 3.63) is 40.6 Å². The van der Waals surface area contributed by atoms with E-state index in [0.29, 0.717) is 6.42 Å². The number of thiazole rings is 1. The Kier molecular flexibility index (Phi) is 3.51. The van der Waals surface area contributed by atoms with Gasteiger partial charge in [-0.3, -0.25) is 9.78 Å². The van der Waals surface area contributed by atoms with Crippen molar-refractivity contribution in [2.75, 3.05) is 0 Å². The summed E-state index contributed by atoms with van der Waals surface area (Å²) in [5.41, 5.74) is 2.63. The third kappa shape index (κ3) is 2.58. The summed E-state index contributed by atoms with van der Waals surface area (Å²) in [5, 5.41) is 0. The third-order valence-electron chi connectivity index (χ3n) is 2.37. The molecule has 84 valence electrons. The standard InChI is InChI=1S/C12H14N2OS/c1-2-3-12(15)10-4-5-14(7-10)8-11-6-13-9-16-11/h4-7,9H,2-3,8H2,1H3. The smallest absolute Gasteiger partial charge is 0.164 e. The highest BCUT2D eigenvalue weighted by atomic mass is 32.1. The van der Waals surface area contributed by atoms with Gasteiger partial charge in [0, 0.05) is 35.5 Å². The molecule has 0 amide bonds. The lowest BCUT2D eigenvalue weighted by atomic mass is 10.1. The summed E-state index contributed by atoms with van der Waals surface area (Å²) in [4.78, 5) is 16.9. The van der Waals surface area contributed by atoms with Crippen LogP contribution in [0.25, 0.3) is 0 Å². The van der Waals surface area contributed by atoms with Crippen LogP contribution in [0.1, 0.15) is 35.0 Å². The molecule has 0 spiro atoms. The van der Waals surface area contributed by atoms with Crippen molar-refractivity contribution in [3.8, 4) is 0 Å². The summed E-state index contributed by atoms with van der Waals surface area (Å²) in [6, 6.07) is 1.89. The Morgan fingerprint density at radius 3 is 3.12 bits per heavy atom. The molecular formula is C12H14N2OS. The van der Waals surface area contributed by atoms with Crippen LogP contribution in [0.2, 0.25) is 0 Å². The van der Waals surface area contributed by atoms with Crippen LogP contribution in [-0.4, -0.2) is 15.3 Å². The van der Waals surface area contributed by atoms with Gasteiger partial charge in [-0.25, -0.2) is 0 Å². The average Bonchev–Trinajstić information content (AvgIpc) is 2.90. The molecule has 16 heavy (non-hydrogen) atoms. The molecule has 0 saturated heterocycles. The number of carbonyl (C=O) groups excluding carboxylic acids is 1. The van der Waals surface area contributed by atoms with E-state index in [1.165, 1.54) is 4.88 Å². The Hall–Kier alpha value is -1.42. The van der Waals surface area contributed by atoms with Crippen molar-refractivity contribution in [1.82, 2.24) is 9.55 Å². The van der Waals surface area contributed by atoms with E-state index in [0.717, 1.165) is 18.5 Å². The third-order valence-corrected chi connectivity index (χ3v) is 3.14. The molecule has 0 N–H and O–H groups in total. The molecule has 0 atom stereocenters. The molecule has 4 heteroatoms. The molecule has 2 rings (SSSR count). The minimum Gasteiger partial charge on any atom is -0.348 e. The van der Waals surface area contributed by atoms with E-state index in [2.05, 4.69) is 4.98 Å². The fourth-order valence-electron chi connectivity index (χ4n) is 1.58. The molecule has 0 fully saturated rings. The summed E-state index contributed by atoms with van der Waals surface area (Å²) in [5.74, 6) is 0.227. The first-order valence-electron chi connectivity index (χ1n) is 5.36. The molecule has 2 aromatic rings. The quantitative estimate of drug-likeness (QED) is 0.745. The first kappa shape index (κ1) is 11.1. The van der Waals surface area contributed by atoms with Gasteiger partial charge in [0.05, 0.1) is 12.1 Å². The highest BCUT2D eigenvalue weighted by Gasteiger charge is 2.06. The van der Waals surface area contributed by atoms with Crippen LogP contribution < -0.4 is 0 Å². The Morgan fingerprint density at radius 2 is 2.44 bits per heavy atom. The fraction of sp³-hybridized carbons (Fsp3) is 0.333. The number of Topliss-reactive ketones (excluding diaryl/α,β-unsaturated/α-hetero) is 1. The van der Waals surface area contributed by atoms with Crippen LogP contribution >= 0.6 is 11.3 Å². The van der Waals surface area contributed by atoms with Crippen LogP contribution in [0.4, 0.5) is 0 Å². The van der Waals surface area contributed by atoms with Crippen LogP contribution in [0.5, 0.6) is 0 Å². The van der Waals surface area contributed by atoms with E-state index in [9.17, 15) is 4.79 Å². The monoisotopic (exact) mass is 234 g/mol. The first-order chi connectivity index (χ1) is 7.79. The minimum atomic E-state index is 0.227. The summed E-state index contributed by atoms with van der Waals surface area (Å²) in [6.07, 6.45) is 7.25. The van der Waals surface area contributed by atoms with Crippen molar-refractivity contribution in [2.24, 2.45) is 0 Å². The number of rotatable bonds is 5. The van der Waals surface area contributed by atoms with Crippen LogP contribution in [-0.2, 0) is 6.54 Å². The number of carbonyl (C=O) groups is 1. The highest BCUT2D eigenvalue weighted by Crippen LogP contribution is 2.11. The van der Waals surface area contributed by atoms with Crippen molar-refractivity contribution < 1.29 is 4.79 Å². The molecule has 2 heterocycles. The second kappa shape index (κ2) is 5.07. The van der Waals surface area contributed by atoms with Gasteiger partial charge in [0.2, 0.25) is 0 Å². The molecule has 0 aromatic carbocycles. The van der Waals surface area contributed by atoms with Crippen molar-refractivity contribution in [2.45, 2.75) is 26.3 Å². The highest BCUT2D eigenvalue weighted by molar-refractivity contribution is 7.09. The Morgan fingerprint density at radius 1 is 1.56 bits per heavy atom. The topological polar surface area (TPSA) is 34.9 Å². The lowest BCUT2D eigenvalue weighted by Gasteiger charge is -1.98. The van der Waals surface area contributed by atoms with Crippen LogP contribution in [0, 0.1) is 0 Å². The Balaban J connectivity index is 2.05. The molecule has 2 aromatic heterocycles. The maximum atomic E-state index is 11.6. The molecular weight excluding hydrogens is 220 g/mol. The zero-order valence-corrected chi connectivity index (χ0v) is 10.0. The van der Waals surface area contributed by atoms with Gasteiger partial charge in [-0.2, -0.15) is 0 Å². The van der Waals surface area contributed by atoms with E-state index in [4.69, 9.17) is 0 Å². The van der Waals surface area contributed by atoms with E-state index in [-0.39, 0.29) is 5.78 Å². The van der Waals surface area contributed by atoms with Gasteiger partial charge < -0.3 is 4.57 Å². The van der Waals surface area contributed by atoms with Gasteiger partial charge in [0.25, 0.3) is 0 Å². The Bertz CT molecular complexity index is 459. The lowest BCUT2D eigenvalue weighted by Crippen LogP contribution is -1.97. The number of nitrogens with zero attached hydrogens (tertiary/aromatic N) is 2. The Labute approximate surface area is 98.8 Å². The molecule has 0 radical (unpaired) electrons. The number of aromatic nitrogens is 2. The van der Waals surface area contributed by atoms with Gasteiger partial charge >= 0.3 is 0 Å². The first-order valence-corrected chi connectivity index (χ1v) is 6.24. The van der Waals surface area contributed by atoms with E-state index in [1.807, 2.05) is 41.7 Å². The summed E-state index contributed by atoms with van der Waals surface area (Å²) < 4.78 is 2.02. The second-order valence-corrected chi connectivity index (χ2v) is 4.68. The second-order valence-electron chi connectivity index (χ2n) is 3.71. The zero-order valence-electron chi connectivity index (χ0n) is 9.22. The predicted octanol–water partition coefficient (Wildman–Crippen LogP) is 2.98. The molecule has 0 aliphatic carbocycles. The SMILES string of the molecule is CCCC(=O)c1ccn(Cc2cncs2)c1. The number of ketones is 1. The fourth-order valence-corrected chi connectivity index (χ4v) is 2.18. The molecule has 0 bridgehead atoms. The summed E-state index contributed by atoms with van der Waals surface area (Å²) in [7, 11) is 0. The van der Waals surface area contributed by atoms with Crippen molar-refractivity contribution in [1.29, 1.82) is 0 Å². The zero-order chi connectivity index (χ0) is 11.4.